The van der Waals surface area contributed by atoms with Gasteiger partial charge in [-0.1, -0.05) is 32.0 Å². The van der Waals surface area contributed by atoms with Crippen LogP contribution in [0.25, 0.3) is 0 Å². The van der Waals surface area contributed by atoms with E-state index in [2.05, 4.69) is 0 Å². The van der Waals surface area contributed by atoms with Crippen LogP contribution in [0.15, 0.2) is 93.5 Å². The number of ketones is 1. The van der Waals surface area contributed by atoms with Crippen LogP contribution in [0.3, 0.4) is 0 Å². The third-order valence-corrected chi connectivity index (χ3v) is 14.3. The molecule has 0 radical (unpaired) electrons. The molecule has 0 amide bonds. The lowest BCUT2D eigenvalue weighted by Gasteiger charge is -2.41. The van der Waals surface area contributed by atoms with Gasteiger partial charge in [-0.2, -0.15) is 8.42 Å². The Balaban J connectivity index is 1.67. The molecule has 0 spiro atoms. The molecule has 0 heterocycles. The fraction of sp³-hybridized carbons (Fsp3) is 0.472. The average Bonchev–Trinajstić information content (AvgIpc) is 3.26. The Morgan fingerprint density at radius 3 is 1.57 bits per heavy atom. The molecule has 0 aliphatic heterocycles. The standard InChI is InChI=1S/C36H46O6S2/c1-33(2,3)40-27-14-18-30(19-15-27)44(29-12-10-9-11-13-29,31-20-16-28(17-21-31)41-34(4,5)6)42-43(38,39)25-36-23-22-26(24-32(36)37)35(36,7)8/h9-21,26H,22-25H2,1-8H3. The zero-order valence-electron chi connectivity index (χ0n) is 27.2. The first-order chi connectivity index (χ1) is 20.4. The summed E-state index contributed by atoms with van der Waals surface area (Å²) in [6.07, 6.45) is 1.86. The molecule has 0 N–H and O–H groups in total. The van der Waals surface area contributed by atoms with Crippen LogP contribution >= 0.6 is 10.3 Å². The van der Waals surface area contributed by atoms with Gasteiger partial charge in [-0.05, 0) is 137 Å². The van der Waals surface area contributed by atoms with Crippen LogP contribution in [0, 0.1) is 16.7 Å². The van der Waals surface area contributed by atoms with Gasteiger partial charge in [0.25, 0.3) is 10.1 Å². The van der Waals surface area contributed by atoms with Crippen LogP contribution in [0.4, 0.5) is 0 Å². The van der Waals surface area contributed by atoms with E-state index in [1.165, 1.54) is 0 Å². The van der Waals surface area contributed by atoms with Crippen LogP contribution in [0.2, 0.25) is 0 Å². The number of fused-ring (bicyclic) bond motifs is 2. The van der Waals surface area contributed by atoms with Crippen LogP contribution < -0.4 is 9.47 Å². The van der Waals surface area contributed by atoms with Crippen molar-refractivity contribution in [2.24, 2.45) is 16.7 Å². The summed E-state index contributed by atoms with van der Waals surface area (Å²) < 4.78 is 47.7. The number of Topliss-reactive ketones (excluding diaryl/α,β-unsaturated/α-hetero) is 1. The Labute approximate surface area is 265 Å². The number of hydrogen-bond acceptors (Lipinski definition) is 6. The van der Waals surface area contributed by atoms with Crippen molar-refractivity contribution in [3.05, 3.63) is 78.9 Å². The molecule has 2 bridgehead atoms. The number of carbonyl (C=O) groups excluding carboxylic acids is 1. The van der Waals surface area contributed by atoms with Crippen molar-refractivity contribution >= 4 is 26.2 Å². The van der Waals surface area contributed by atoms with E-state index in [1.807, 2.05) is 134 Å². The van der Waals surface area contributed by atoms with Gasteiger partial charge in [0.2, 0.25) is 0 Å². The molecule has 44 heavy (non-hydrogen) atoms. The van der Waals surface area contributed by atoms with Crippen molar-refractivity contribution in [2.45, 2.75) is 101 Å². The molecule has 2 atom stereocenters. The van der Waals surface area contributed by atoms with Crippen molar-refractivity contribution < 1.29 is 26.3 Å². The lowest BCUT2D eigenvalue weighted by atomic mass is 9.70. The fourth-order valence-corrected chi connectivity index (χ4v) is 12.9. The highest BCUT2D eigenvalue weighted by Crippen LogP contribution is 2.71. The molecule has 6 nitrogen and oxygen atoms in total. The van der Waals surface area contributed by atoms with E-state index in [0.29, 0.717) is 34.1 Å². The lowest BCUT2D eigenvalue weighted by Crippen LogP contribution is -2.42. The lowest BCUT2D eigenvalue weighted by molar-refractivity contribution is -0.128. The summed E-state index contributed by atoms with van der Waals surface area (Å²) in [4.78, 5) is 15.5. The van der Waals surface area contributed by atoms with Crippen LogP contribution in [0.1, 0.15) is 74.7 Å². The van der Waals surface area contributed by atoms with Crippen LogP contribution in [-0.4, -0.2) is 31.2 Å². The molecule has 2 aliphatic rings. The van der Waals surface area contributed by atoms with Crippen molar-refractivity contribution in [1.82, 2.24) is 0 Å². The zero-order chi connectivity index (χ0) is 32.2. The van der Waals surface area contributed by atoms with Gasteiger partial charge in [-0.25, -0.2) is 3.63 Å². The van der Waals surface area contributed by atoms with E-state index in [9.17, 15) is 13.2 Å². The molecule has 2 unspecified atom stereocenters. The normalized spacial score (nSPS) is 22.2. The van der Waals surface area contributed by atoms with Crippen molar-refractivity contribution in [2.75, 3.05) is 5.75 Å². The Kier molecular flexibility index (Phi) is 8.30. The first kappa shape index (κ1) is 32.6. The van der Waals surface area contributed by atoms with Gasteiger partial charge in [0.05, 0.1) is 11.2 Å². The summed E-state index contributed by atoms with van der Waals surface area (Å²) in [5, 5.41) is 0. The maximum absolute atomic E-state index is 14.4. The minimum Gasteiger partial charge on any atom is -0.488 e. The molecular formula is C36H46O6S2. The molecule has 238 valence electrons. The minimum absolute atomic E-state index is 0.0404. The SMILES string of the molecule is CC(C)(C)Oc1ccc(S(OS(=O)(=O)CC23CCC(CC2=O)C3(C)C)(c2ccccc2)c2ccc(OC(C)(C)C)cc2)cc1. The van der Waals surface area contributed by atoms with E-state index in [-0.39, 0.29) is 17.5 Å². The largest absolute Gasteiger partial charge is 0.488 e. The zero-order valence-corrected chi connectivity index (χ0v) is 28.8. The number of hydrogen-bond donors (Lipinski definition) is 0. The second kappa shape index (κ2) is 11.2. The molecule has 3 aromatic rings. The monoisotopic (exact) mass is 638 g/mol. The summed E-state index contributed by atoms with van der Waals surface area (Å²) >= 11 is 0. The number of rotatable bonds is 9. The summed E-state index contributed by atoms with van der Waals surface area (Å²) in [7, 11) is -7.08. The second-order valence-electron chi connectivity index (χ2n) is 14.7. The van der Waals surface area contributed by atoms with Crippen molar-refractivity contribution in [3.8, 4) is 11.5 Å². The highest BCUT2D eigenvalue weighted by molar-refractivity contribution is 8.33. The molecule has 5 rings (SSSR count). The third kappa shape index (κ3) is 6.18. The van der Waals surface area contributed by atoms with E-state index in [0.717, 1.165) is 11.3 Å². The molecule has 0 saturated heterocycles. The quantitative estimate of drug-likeness (QED) is 0.233. The number of benzene rings is 3. The van der Waals surface area contributed by atoms with Crippen LogP contribution in [0.5, 0.6) is 11.5 Å². The summed E-state index contributed by atoms with van der Waals surface area (Å²) in [5.74, 6) is 1.25. The van der Waals surface area contributed by atoms with Gasteiger partial charge in [0.1, 0.15) is 28.5 Å². The van der Waals surface area contributed by atoms with Gasteiger partial charge < -0.3 is 9.47 Å². The third-order valence-electron chi connectivity index (χ3n) is 9.00. The minimum atomic E-state index is -4.24. The Morgan fingerprint density at radius 1 is 0.727 bits per heavy atom. The van der Waals surface area contributed by atoms with E-state index in [1.54, 1.807) is 0 Å². The predicted octanol–water partition coefficient (Wildman–Crippen LogP) is 8.98. The summed E-state index contributed by atoms with van der Waals surface area (Å²) in [6.45, 7) is 16.0. The molecular weight excluding hydrogens is 593 g/mol. The van der Waals surface area contributed by atoms with E-state index < -0.39 is 42.5 Å². The smallest absolute Gasteiger partial charge is 0.278 e. The molecule has 0 aromatic heterocycles. The van der Waals surface area contributed by atoms with E-state index >= 15 is 0 Å². The predicted molar refractivity (Wildman–Crippen MR) is 176 cm³/mol. The van der Waals surface area contributed by atoms with Gasteiger partial charge in [0, 0.05) is 21.1 Å². The number of carbonyl (C=O) groups is 1. The average molecular weight is 639 g/mol. The Bertz CT molecular complexity index is 1540. The highest BCUT2D eigenvalue weighted by Gasteiger charge is 2.65. The second-order valence-corrected chi connectivity index (χ2v) is 19.2. The maximum Gasteiger partial charge on any atom is 0.278 e. The highest BCUT2D eigenvalue weighted by atomic mass is 32.3. The van der Waals surface area contributed by atoms with Crippen LogP contribution in [-0.2, 0) is 18.5 Å². The maximum atomic E-state index is 14.4. The van der Waals surface area contributed by atoms with E-state index in [4.69, 9.17) is 13.1 Å². The first-order valence-electron chi connectivity index (χ1n) is 15.3. The fourth-order valence-electron chi connectivity index (χ4n) is 6.83. The molecule has 2 saturated carbocycles. The molecule has 2 fully saturated rings. The molecule has 8 heteroatoms. The van der Waals surface area contributed by atoms with Gasteiger partial charge in [-0.15, -0.1) is 0 Å². The van der Waals surface area contributed by atoms with Gasteiger partial charge in [-0.3, -0.25) is 4.79 Å². The van der Waals surface area contributed by atoms with Crippen molar-refractivity contribution in [1.29, 1.82) is 0 Å². The Morgan fingerprint density at radius 2 is 1.18 bits per heavy atom. The first-order valence-corrected chi connectivity index (χ1v) is 18.4. The topological polar surface area (TPSA) is 78.9 Å². The Hall–Kier alpha value is -2.81. The summed E-state index contributed by atoms with van der Waals surface area (Å²) in [6, 6.07) is 24.6. The summed E-state index contributed by atoms with van der Waals surface area (Å²) in [5.41, 5.74) is -2.16. The number of ether oxygens (including phenoxy) is 2. The van der Waals surface area contributed by atoms with Crippen molar-refractivity contribution in [3.63, 3.8) is 0 Å². The molecule has 2 aliphatic carbocycles. The molecule has 3 aromatic carbocycles. The van der Waals surface area contributed by atoms with Gasteiger partial charge >= 0.3 is 0 Å². The van der Waals surface area contributed by atoms with Gasteiger partial charge in [0.15, 0.2) is 0 Å².